The summed E-state index contributed by atoms with van der Waals surface area (Å²) in [6.07, 6.45) is 6.03. The zero-order valence-corrected chi connectivity index (χ0v) is 24.0. The first-order valence-electron chi connectivity index (χ1n) is 13.2. The van der Waals surface area contributed by atoms with Gasteiger partial charge >= 0.3 is 0 Å². The molecule has 212 valence electrons. The van der Waals surface area contributed by atoms with Crippen molar-refractivity contribution in [2.24, 2.45) is 0 Å². The van der Waals surface area contributed by atoms with Crippen LogP contribution in [0.4, 0.5) is 17.5 Å². The van der Waals surface area contributed by atoms with Gasteiger partial charge in [0.2, 0.25) is 5.95 Å². The minimum absolute atomic E-state index is 0.00737. The summed E-state index contributed by atoms with van der Waals surface area (Å²) in [6.45, 7) is 10.8. The fourth-order valence-corrected chi connectivity index (χ4v) is 4.79. The van der Waals surface area contributed by atoms with Crippen LogP contribution in [0.15, 0.2) is 36.7 Å². The fourth-order valence-electron chi connectivity index (χ4n) is 4.50. The summed E-state index contributed by atoms with van der Waals surface area (Å²) in [4.78, 5) is 17.7. The van der Waals surface area contributed by atoms with E-state index >= 15 is 0 Å². The third kappa shape index (κ3) is 9.90. The van der Waals surface area contributed by atoms with Gasteiger partial charge in [0.05, 0.1) is 5.69 Å². The molecule has 0 aliphatic heterocycles. The van der Waals surface area contributed by atoms with Crippen molar-refractivity contribution in [2.45, 2.75) is 85.2 Å². The molecule has 0 aromatic carbocycles. The van der Waals surface area contributed by atoms with Crippen molar-refractivity contribution in [3.63, 3.8) is 0 Å². The number of rotatable bonds is 15. The number of nitrogens with one attached hydrogen (secondary N) is 4. The Morgan fingerprint density at radius 3 is 2.49 bits per heavy atom. The van der Waals surface area contributed by atoms with Crippen LogP contribution >= 0.6 is 0 Å². The molecule has 11 nitrogen and oxygen atoms in total. The molecule has 6 N–H and O–H groups in total. The summed E-state index contributed by atoms with van der Waals surface area (Å²) in [5.74, 6) is 0.766. The Morgan fingerprint density at radius 1 is 1.08 bits per heavy atom. The van der Waals surface area contributed by atoms with E-state index in [9.17, 15) is 9.32 Å². The average molecular weight is 557 g/mol. The van der Waals surface area contributed by atoms with Gasteiger partial charge in [0, 0.05) is 53.7 Å². The van der Waals surface area contributed by atoms with Gasteiger partial charge in [-0.05, 0) is 69.9 Å². The van der Waals surface area contributed by atoms with Gasteiger partial charge in [0.25, 0.3) is 11.3 Å². The highest BCUT2D eigenvalue weighted by Gasteiger charge is 2.18. The van der Waals surface area contributed by atoms with Gasteiger partial charge in [0.1, 0.15) is 12.0 Å². The van der Waals surface area contributed by atoms with Crippen LogP contribution in [0.1, 0.15) is 74.5 Å². The fraction of sp³-hybridized carbons (Fsp3) is 0.481. The van der Waals surface area contributed by atoms with Crippen molar-refractivity contribution in [1.29, 1.82) is 0 Å². The Balaban J connectivity index is 1.63. The lowest BCUT2D eigenvalue weighted by molar-refractivity contribution is 0.121. The van der Waals surface area contributed by atoms with Gasteiger partial charge in [-0.1, -0.05) is 20.3 Å². The number of aryl methyl sites for hydroxylation is 3. The maximum atomic E-state index is 11.0. The van der Waals surface area contributed by atoms with E-state index in [-0.39, 0.29) is 17.9 Å². The molecule has 3 aromatic heterocycles. The van der Waals surface area contributed by atoms with Crippen molar-refractivity contribution in [3.05, 3.63) is 64.9 Å². The molecule has 3 aromatic rings. The lowest BCUT2D eigenvalue weighted by atomic mass is 10.0. The molecule has 0 aliphatic carbocycles. The topological polar surface area (TPSA) is 157 Å². The summed E-state index contributed by atoms with van der Waals surface area (Å²) in [5.41, 5.74) is 5.38. The Labute approximate surface area is 233 Å². The van der Waals surface area contributed by atoms with Crippen molar-refractivity contribution in [1.82, 2.24) is 30.6 Å². The Morgan fingerprint density at radius 2 is 1.82 bits per heavy atom. The number of hydrogen-bond donors (Lipinski definition) is 6. The van der Waals surface area contributed by atoms with E-state index in [0.29, 0.717) is 18.1 Å². The lowest BCUT2D eigenvalue weighted by Crippen LogP contribution is -2.38. The molecule has 4 atom stereocenters. The SMILES string of the molecule is CCC[C@H](C[C@@H](C)NC(O)c1ccnc(NS(=O)O)c1)NCc1nc(Nc2cc(C)nc(C)c2)ncc1CC. The summed E-state index contributed by atoms with van der Waals surface area (Å²) < 4.78 is 22.3. The van der Waals surface area contributed by atoms with Crippen LogP contribution in [0.5, 0.6) is 0 Å². The number of pyridine rings is 2. The normalized spacial score (nSPS) is 14.4. The number of aliphatic hydroxyl groups excluding tert-OH is 1. The predicted octanol–water partition coefficient (Wildman–Crippen LogP) is 4.06. The molecule has 39 heavy (non-hydrogen) atoms. The van der Waals surface area contributed by atoms with Crippen LogP contribution in [-0.2, 0) is 24.2 Å². The minimum Gasteiger partial charge on any atom is -0.374 e. The monoisotopic (exact) mass is 556 g/mol. The Kier molecular flexibility index (Phi) is 11.7. The van der Waals surface area contributed by atoms with Crippen LogP contribution in [0.2, 0.25) is 0 Å². The lowest BCUT2D eigenvalue weighted by Gasteiger charge is -2.25. The van der Waals surface area contributed by atoms with Crippen LogP contribution in [0.25, 0.3) is 0 Å². The molecule has 0 aliphatic rings. The van der Waals surface area contributed by atoms with Crippen LogP contribution in [-0.4, -0.2) is 45.9 Å². The molecule has 3 heterocycles. The zero-order chi connectivity index (χ0) is 28.4. The zero-order valence-electron chi connectivity index (χ0n) is 23.2. The van der Waals surface area contributed by atoms with E-state index in [2.05, 4.69) is 49.5 Å². The Bertz CT molecular complexity index is 1230. The highest BCUT2D eigenvalue weighted by Crippen LogP contribution is 2.19. The van der Waals surface area contributed by atoms with Crippen molar-refractivity contribution < 1.29 is 13.9 Å². The van der Waals surface area contributed by atoms with Crippen LogP contribution in [0, 0.1) is 13.8 Å². The second kappa shape index (κ2) is 14.9. The van der Waals surface area contributed by atoms with E-state index < -0.39 is 17.5 Å². The van der Waals surface area contributed by atoms with E-state index in [4.69, 9.17) is 9.54 Å². The van der Waals surface area contributed by atoms with Gasteiger partial charge in [0.15, 0.2) is 0 Å². The molecule has 2 unspecified atom stereocenters. The molecular weight excluding hydrogens is 516 g/mol. The van der Waals surface area contributed by atoms with Gasteiger partial charge in [-0.25, -0.2) is 19.2 Å². The van der Waals surface area contributed by atoms with E-state index in [1.54, 1.807) is 12.1 Å². The largest absolute Gasteiger partial charge is 0.374 e. The van der Waals surface area contributed by atoms with Crippen molar-refractivity contribution >= 4 is 28.7 Å². The first-order valence-corrected chi connectivity index (χ1v) is 14.4. The standard InChI is InChI=1S/C27H40N8O3S/c1-6-8-22(11-19(5)32-26(36)21-9-10-28-25(14-21)35-39(37)38)29-16-24-20(7-2)15-30-27(34-24)33-23-12-17(3)31-18(4)13-23/h9-10,12-15,19,22,26,29,32,36H,6-8,11,16H2,1-5H3,(H,28,35)(H,37,38)(H,30,31,33,34)/t19-,22-,26?/m1/s1. The number of aliphatic hydroxyl groups is 1. The number of anilines is 3. The van der Waals surface area contributed by atoms with Gasteiger partial charge in [-0.2, -0.15) is 0 Å². The maximum Gasteiger partial charge on any atom is 0.260 e. The van der Waals surface area contributed by atoms with Gasteiger partial charge in [-0.3, -0.25) is 19.6 Å². The number of nitrogens with zero attached hydrogens (tertiary/aromatic N) is 4. The maximum absolute atomic E-state index is 11.0. The molecular formula is C27H40N8O3S. The molecule has 0 fully saturated rings. The Hall–Kier alpha value is -3.03. The van der Waals surface area contributed by atoms with E-state index in [1.807, 2.05) is 39.1 Å². The van der Waals surface area contributed by atoms with Gasteiger partial charge < -0.3 is 15.7 Å². The first kappa shape index (κ1) is 30.5. The average Bonchev–Trinajstić information content (AvgIpc) is 2.86. The quantitative estimate of drug-likeness (QED) is 0.119. The van der Waals surface area contributed by atoms with Crippen molar-refractivity contribution in [2.75, 3.05) is 10.0 Å². The minimum atomic E-state index is -2.23. The second-order valence-corrected chi connectivity index (χ2v) is 10.4. The molecule has 0 saturated heterocycles. The highest BCUT2D eigenvalue weighted by atomic mass is 32.2. The summed E-state index contributed by atoms with van der Waals surface area (Å²) in [6, 6.07) is 7.35. The molecule has 0 radical (unpaired) electrons. The summed E-state index contributed by atoms with van der Waals surface area (Å²) in [5, 5.41) is 20.9. The molecule has 12 heteroatoms. The molecule has 0 spiro atoms. The molecule has 0 saturated carbocycles. The predicted molar refractivity (Wildman–Crippen MR) is 155 cm³/mol. The number of aromatic nitrogens is 4. The van der Waals surface area contributed by atoms with Crippen LogP contribution < -0.4 is 20.7 Å². The third-order valence-corrected chi connectivity index (χ3v) is 6.62. The van der Waals surface area contributed by atoms with E-state index in [0.717, 1.165) is 54.0 Å². The summed E-state index contributed by atoms with van der Waals surface area (Å²) >= 11 is -2.23. The number of hydrogen-bond acceptors (Lipinski definition) is 9. The van der Waals surface area contributed by atoms with E-state index in [1.165, 1.54) is 6.20 Å². The first-order chi connectivity index (χ1) is 18.7. The molecule has 3 rings (SSSR count). The highest BCUT2D eigenvalue weighted by molar-refractivity contribution is 7.80. The van der Waals surface area contributed by atoms with Crippen molar-refractivity contribution in [3.8, 4) is 0 Å². The van der Waals surface area contributed by atoms with Crippen LogP contribution in [0.3, 0.4) is 0 Å². The molecule has 0 bridgehead atoms. The van der Waals surface area contributed by atoms with Gasteiger partial charge in [-0.15, -0.1) is 0 Å². The summed E-state index contributed by atoms with van der Waals surface area (Å²) in [7, 11) is 0. The third-order valence-electron chi connectivity index (χ3n) is 6.24. The molecule has 0 amide bonds. The second-order valence-electron chi connectivity index (χ2n) is 9.68. The smallest absolute Gasteiger partial charge is 0.260 e.